The molecule has 2 rings (SSSR count). The van der Waals surface area contributed by atoms with Crippen LogP contribution in [0.25, 0.3) is 12.2 Å². The van der Waals surface area contributed by atoms with Gasteiger partial charge in [-0.25, -0.2) is 4.39 Å². The van der Waals surface area contributed by atoms with Crippen molar-refractivity contribution in [3.05, 3.63) is 40.7 Å². The minimum atomic E-state index is -0.243. The van der Waals surface area contributed by atoms with Crippen LogP contribution in [0.4, 0.5) is 9.52 Å². The van der Waals surface area contributed by atoms with Crippen LogP contribution in [0.15, 0.2) is 24.3 Å². The summed E-state index contributed by atoms with van der Waals surface area (Å²) >= 11 is 1.30. The molecule has 0 unspecified atom stereocenters. The summed E-state index contributed by atoms with van der Waals surface area (Å²) in [7, 11) is 0. The Balaban J connectivity index is 2.14. The maximum atomic E-state index is 12.6. The molecule has 0 radical (unpaired) electrons. The molecule has 0 bridgehead atoms. The molecule has 0 amide bonds. The summed E-state index contributed by atoms with van der Waals surface area (Å²) in [5.74, 6) is -0.243. The van der Waals surface area contributed by atoms with Crippen molar-refractivity contribution in [3.8, 4) is 0 Å². The molecule has 1 heterocycles. The summed E-state index contributed by atoms with van der Waals surface area (Å²) in [4.78, 5) is 0. The van der Waals surface area contributed by atoms with E-state index in [1.165, 1.54) is 23.5 Å². The minimum absolute atomic E-state index is 0.243. The van der Waals surface area contributed by atoms with Crippen LogP contribution in [0.2, 0.25) is 0 Å². The van der Waals surface area contributed by atoms with Crippen molar-refractivity contribution >= 4 is 28.6 Å². The number of rotatable bonds is 2. The molecule has 0 atom stereocenters. The van der Waals surface area contributed by atoms with Crippen molar-refractivity contribution in [2.75, 3.05) is 5.73 Å². The van der Waals surface area contributed by atoms with E-state index in [1.54, 1.807) is 18.2 Å². The summed E-state index contributed by atoms with van der Waals surface area (Å²) in [5, 5.41) is 8.68. The van der Waals surface area contributed by atoms with E-state index in [0.29, 0.717) is 5.13 Å². The van der Waals surface area contributed by atoms with Crippen LogP contribution in [0.3, 0.4) is 0 Å². The largest absolute Gasteiger partial charge is 0.374 e. The van der Waals surface area contributed by atoms with Crippen molar-refractivity contribution in [3.63, 3.8) is 0 Å². The standard InChI is InChI=1S/C10H8FN3S/c11-8-4-1-7(2-5-8)3-6-9-13-14-10(12)15-9/h1-6H,(H2,12,14). The second-order valence-corrected chi connectivity index (χ2v) is 3.90. The average Bonchev–Trinajstić information content (AvgIpc) is 2.64. The topological polar surface area (TPSA) is 51.8 Å². The van der Waals surface area contributed by atoms with E-state index >= 15 is 0 Å². The fraction of sp³-hybridized carbons (Fsp3) is 0. The highest BCUT2D eigenvalue weighted by atomic mass is 32.1. The van der Waals surface area contributed by atoms with Gasteiger partial charge in [0.15, 0.2) is 0 Å². The van der Waals surface area contributed by atoms with E-state index in [2.05, 4.69) is 10.2 Å². The molecule has 0 fully saturated rings. The van der Waals surface area contributed by atoms with Crippen LogP contribution in [0, 0.1) is 5.82 Å². The molecule has 15 heavy (non-hydrogen) atoms. The molecule has 0 aliphatic carbocycles. The molecule has 0 aliphatic rings. The Kier molecular flexibility index (Phi) is 2.73. The molecule has 2 N–H and O–H groups in total. The number of benzene rings is 1. The maximum absolute atomic E-state index is 12.6. The number of nitrogen functional groups attached to an aromatic ring is 1. The van der Waals surface area contributed by atoms with Gasteiger partial charge in [0.05, 0.1) is 0 Å². The number of anilines is 1. The van der Waals surface area contributed by atoms with Crippen LogP contribution >= 0.6 is 11.3 Å². The van der Waals surface area contributed by atoms with E-state index < -0.39 is 0 Å². The third-order valence-electron chi connectivity index (χ3n) is 1.74. The van der Waals surface area contributed by atoms with Gasteiger partial charge < -0.3 is 5.73 Å². The number of nitrogens with zero attached hydrogens (tertiary/aromatic N) is 2. The fourth-order valence-electron chi connectivity index (χ4n) is 1.06. The molecule has 1 aromatic heterocycles. The first kappa shape index (κ1) is 9.79. The van der Waals surface area contributed by atoms with Crippen LogP contribution in [-0.4, -0.2) is 10.2 Å². The summed E-state index contributed by atoms with van der Waals surface area (Å²) in [5.41, 5.74) is 6.34. The molecular formula is C10H8FN3S. The second kappa shape index (κ2) is 4.18. The molecule has 0 aliphatic heterocycles. The lowest BCUT2D eigenvalue weighted by Crippen LogP contribution is -1.79. The first-order valence-corrected chi connectivity index (χ1v) is 5.08. The summed E-state index contributed by atoms with van der Waals surface area (Å²) in [6, 6.07) is 6.20. The Labute approximate surface area is 90.1 Å². The van der Waals surface area contributed by atoms with Crippen molar-refractivity contribution in [1.29, 1.82) is 0 Å². The van der Waals surface area contributed by atoms with Gasteiger partial charge in [0.1, 0.15) is 10.8 Å². The van der Waals surface area contributed by atoms with Gasteiger partial charge in [-0.1, -0.05) is 29.5 Å². The quantitative estimate of drug-likeness (QED) is 0.847. The van der Waals surface area contributed by atoms with Crippen LogP contribution in [0.5, 0.6) is 0 Å². The number of hydrogen-bond acceptors (Lipinski definition) is 4. The predicted octanol–water partition coefficient (Wildman–Crippen LogP) is 2.43. The van der Waals surface area contributed by atoms with Gasteiger partial charge in [-0.2, -0.15) is 0 Å². The van der Waals surface area contributed by atoms with Crippen molar-refractivity contribution in [2.45, 2.75) is 0 Å². The molecule has 5 heteroatoms. The molecule has 0 saturated carbocycles. The number of hydrogen-bond donors (Lipinski definition) is 1. The normalized spacial score (nSPS) is 11.0. The smallest absolute Gasteiger partial charge is 0.203 e. The Morgan fingerprint density at radius 1 is 1.13 bits per heavy atom. The third kappa shape index (κ3) is 2.60. The zero-order chi connectivity index (χ0) is 10.7. The highest BCUT2D eigenvalue weighted by Crippen LogP contribution is 2.14. The number of nitrogens with two attached hydrogens (primary N) is 1. The van der Waals surface area contributed by atoms with E-state index in [-0.39, 0.29) is 5.82 Å². The second-order valence-electron chi connectivity index (χ2n) is 2.86. The molecule has 2 aromatic rings. The zero-order valence-corrected chi connectivity index (χ0v) is 8.54. The summed E-state index contributed by atoms with van der Waals surface area (Å²) < 4.78 is 12.6. The van der Waals surface area contributed by atoms with Gasteiger partial charge in [-0.15, -0.1) is 10.2 Å². The lowest BCUT2D eigenvalue weighted by molar-refractivity contribution is 0.628. The Morgan fingerprint density at radius 3 is 2.47 bits per heavy atom. The fourth-order valence-corrected chi connectivity index (χ4v) is 1.57. The summed E-state index contributed by atoms with van der Waals surface area (Å²) in [6.07, 6.45) is 3.63. The molecular weight excluding hydrogens is 213 g/mol. The number of halogens is 1. The Hall–Kier alpha value is -1.75. The maximum Gasteiger partial charge on any atom is 0.203 e. The molecule has 0 saturated heterocycles. The highest BCUT2D eigenvalue weighted by molar-refractivity contribution is 7.15. The van der Waals surface area contributed by atoms with E-state index in [1.807, 2.05) is 6.08 Å². The predicted molar refractivity (Wildman–Crippen MR) is 59.6 cm³/mol. The molecule has 3 nitrogen and oxygen atoms in total. The van der Waals surface area contributed by atoms with E-state index in [0.717, 1.165) is 10.6 Å². The number of aromatic nitrogens is 2. The zero-order valence-electron chi connectivity index (χ0n) is 7.72. The molecule has 0 spiro atoms. The van der Waals surface area contributed by atoms with Gasteiger partial charge >= 0.3 is 0 Å². The van der Waals surface area contributed by atoms with Crippen LogP contribution in [0.1, 0.15) is 10.6 Å². The lowest BCUT2D eigenvalue weighted by Gasteiger charge is -1.91. The minimum Gasteiger partial charge on any atom is -0.374 e. The van der Waals surface area contributed by atoms with E-state index in [4.69, 9.17) is 5.73 Å². The first-order valence-electron chi connectivity index (χ1n) is 4.27. The Bertz CT molecular complexity index is 476. The lowest BCUT2D eigenvalue weighted by atomic mass is 10.2. The van der Waals surface area contributed by atoms with E-state index in [9.17, 15) is 4.39 Å². The van der Waals surface area contributed by atoms with Crippen LogP contribution in [-0.2, 0) is 0 Å². The summed E-state index contributed by atoms with van der Waals surface area (Å²) in [6.45, 7) is 0. The van der Waals surface area contributed by atoms with Gasteiger partial charge in [0, 0.05) is 0 Å². The van der Waals surface area contributed by atoms with Gasteiger partial charge in [0.25, 0.3) is 0 Å². The third-order valence-corrected chi connectivity index (χ3v) is 2.46. The average molecular weight is 221 g/mol. The monoisotopic (exact) mass is 221 g/mol. The van der Waals surface area contributed by atoms with Gasteiger partial charge in [-0.05, 0) is 23.8 Å². The highest BCUT2D eigenvalue weighted by Gasteiger charge is 1.95. The van der Waals surface area contributed by atoms with Crippen molar-refractivity contribution < 1.29 is 4.39 Å². The first-order chi connectivity index (χ1) is 7.24. The Morgan fingerprint density at radius 2 is 1.87 bits per heavy atom. The van der Waals surface area contributed by atoms with Gasteiger partial charge in [-0.3, -0.25) is 0 Å². The van der Waals surface area contributed by atoms with Gasteiger partial charge in [0.2, 0.25) is 5.13 Å². The molecule has 76 valence electrons. The SMILES string of the molecule is Nc1nnc(C=Cc2ccc(F)cc2)s1. The molecule has 1 aromatic carbocycles. The van der Waals surface area contributed by atoms with Crippen molar-refractivity contribution in [1.82, 2.24) is 10.2 Å². The van der Waals surface area contributed by atoms with Crippen LogP contribution < -0.4 is 5.73 Å². The van der Waals surface area contributed by atoms with Crippen molar-refractivity contribution in [2.24, 2.45) is 0 Å².